The van der Waals surface area contributed by atoms with Gasteiger partial charge in [-0.1, -0.05) is 38.3 Å². The number of benzene rings is 1. The quantitative estimate of drug-likeness (QED) is 0.460. The molecule has 1 unspecified atom stereocenters. The van der Waals surface area contributed by atoms with E-state index in [1.165, 1.54) is 19.3 Å². The van der Waals surface area contributed by atoms with Crippen molar-refractivity contribution in [3.63, 3.8) is 0 Å². The number of anilines is 1. The fraction of sp³-hybridized carbons (Fsp3) is 0.625. The molecule has 31 heavy (non-hydrogen) atoms. The van der Waals surface area contributed by atoms with Gasteiger partial charge in [-0.25, -0.2) is 0 Å². The fourth-order valence-corrected chi connectivity index (χ4v) is 4.42. The summed E-state index contributed by atoms with van der Waals surface area (Å²) >= 11 is 0. The lowest BCUT2D eigenvalue weighted by molar-refractivity contribution is -0.135. The number of aliphatic imine (C=N–C) groups is 1. The first-order valence-corrected chi connectivity index (χ1v) is 11.7. The summed E-state index contributed by atoms with van der Waals surface area (Å²) in [7, 11) is 1.77. The van der Waals surface area contributed by atoms with Gasteiger partial charge in [0.1, 0.15) is 0 Å². The molecular weight excluding hydrogens is 390 g/mol. The standard InChI is InChI=1S/C24H37N5O2/c1-3-7-22(30)27-20-12-10-18(11-13-20)16-26-24(25-2)28-21-14-15-29(17-21)23(31)19-8-5-4-6-9-19/h10-13,19,21H,3-9,14-17H2,1-2H3,(H,27,30)(H2,25,26,28). The Morgan fingerprint density at radius 2 is 1.84 bits per heavy atom. The van der Waals surface area contributed by atoms with Crippen molar-refractivity contribution in [2.24, 2.45) is 10.9 Å². The predicted octanol–water partition coefficient (Wildman–Crippen LogP) is 3.27. The van der Waals surface area contributed by atoms with Gasteiger partial charge in [-0.15, -0.1) is 0 Å². The summed E-state index contributed by atoms with van der Waals surface area (Å²) in [5.41, 5.74) is 1.93. The van der Waals surface area contributed by atoms with Crippen LogP contribution in [0.2, 0.25) is 0 Å². The molecule has 1 aromatic carbocycles. The van der Waals surface area contributed by atoms with Gasteiger partial charge in [-0.05, 0) is 43.4 Å². The minimum atomic E-state index is 0.0468. The molecule has 170 valence electrons. The number of hydrogen-bond donors (Lipinski definition) is 3. The second kappa shape index (κ2) is 11.7. The van der Waals surface area contributed by atoms with E-state index in [2.05, 4.69) is 20.9 Å². The molecule has 3 N–H and O–H groups in total. The maximum absolute atomic E-state index is 12.8. The molecule has 7 heteroatoms. The van der Waals surface area contributed by atoms with Gasteiger partial charge < -0.3 is 20.9 Å². The molecule has 1 aliphatic carbocycles. The fourth-order valence-electron chi connectivity index (χ4n) is 4.42. The zero-order valence-electron chi connectivity index (χ0n) is 19.0. The molecule has 0 bridgehead atoms. The highest BCUT2D eigenvalue weighted by Gasteiger charge is 2.31. The number of nitrogens with one attached hydrogen (secondary N) is 3. The Balaban J connectivity index is 1.42. The summed E-state index contributed by atoms with van der Waals surface area (Å²) in [6, 6.07) is 8.08. The van der Waals surface area contributed by atoms with Crippen LogP contribution in [0.4, 0.5) is 5.69 Å². The molecule has 1 atom stereocenters. The van der Waals surface area contributed by atoms with Crippen LogP contribution in [-0.2, 0) is 16.1 Å². The molecule has 0 spiro atoms. The van der Waals surface area contributed by atoms with E-state index in [4.69, 9.17) is 0 Å². The van der Waals surface area contributed by atoms with Gasteiger partial charge in [-0.3, -0.25) is 14.6 Å². The summed E-state index contributed by atoms with van der Waals surface area (Å²) in [5.74, 6) is 1.38. The summed E-state index contributed by atoms with van der Waals surface area (Å²) in [6.45, 7) is 4.21. The molecule has 1 saturated heterocycles. The largest absolute Gasteiger partial charge is 0.352 e. The SMILES string of the molecule is CCCC(=O)Nc1ccc(CNC(=NC)NC2CCN(C(=O)C3CCCCC3)C2)cc1. The van der Waals surface area contributed by atoms with E-state index in [1.807, 2.05) is 36.1 Å². The van der Waals surface area contributed by atoms with Crippen LogP contribution in [0.5, 0.6) is 0 Å². The number of nitrogens with zero attached hydrogens (tertiary/aromatic N) is 2. The Bertz CT molecular complexity index is 756. The summed E-state index contributed by atoms with van der Waals surface area (Å²) in [4.78, 5) is 30.8. The Hall–Kier alpha value is -2.57. The van der Waals surface area contributed by atoms with Gasteiger partial charge in [0.25, 0.3) is 0 Å². The maximum atomic E-state index is 12.8. The summed E-state index contributed by atoms with van der Waals surface area (Å²) < 4.78 is 0. The Labute approximate surface area is 186 Å². The zero-order valence-corrected chi connectivity index (χ0v) is 19.0. The van der Waals surface area contributed by atoms with Crippen molar-refractivity contribution >= 4 is 23.5 Å². The van der Waals surface area contributed by atoms with Crippen LogP contribution in [0, 0.1) is 5.92 Å². The second-order valence-electron chi connectivity index (χ2n) is 8.67. The zero-order chi connectivity index (χ0) is 22.1. The molecule has 7 nitrogen and oxygen atoms in total. The minimum absolute atomic E-state index is 0.0468. The molecule has 2 fully saturated rings. The molecular formula is C24H37N5O2. The first-order valence-electron chi connectivity index (χ1n) is 11.7. The van der Waals surface area contributed by atoms with Crippen molar-refractivity contribution < 1.29 is 9.59 Å². The average molecular weight is 428 g/mol. The monoisotopic (exact) mass is 427 g/mol. The third-order valence-electron chi connectivity index (χ3n) is 6.19. The number of carbonyl (C=O) groups excluding carboxylic acids is 2. The molecule has 0 aromatic heterocycles. The third kappa shape index (κ3) is 6.97. The highest BCUT2D eigenvalue weighted by molar-refractivity contribution is 5.90. The van der Waals surface area contributed by atoms with Crippen LogP contribution in [0.25, 0.3) is 0 Å². The van der Waals surface area contributed by atoms with Gasteiger partial charge >= 0.3 is 0 Å². The highest BCUT2D eigenvalue weighted by atomic mass is 16.2. The van der Waals surface area contributed by atoms with Crippen molar-refractivity contribution in [1.82, 2.24) is 15.5 Å². The van der Waals surface area contributed by atoms with Crippen molar-refractivity contribution in [2.75, 3.05) is 25.5 Å². The number of guanidine groups is 1. The van der Waals surface area contributed by atoms with Crippen LogP contribution >= 0.6 is 0 Å². The predicted molar refractivity (Wildman–Crippen MR) is 125 cm³/mol. The number of hydrogen-bond acceptors (Lipinski definition) is 3. The van der Waals surface area contributed by atoms with Crippen LogP contribution in [0.15, 0.2) is 29.3 Å². The Morgan fingerprint density at radius 3 is 2.52 bits per heavy atom. The van der Waals surface area contributed by atoms with Crippen molar-refractivity contribution in [3.05, 3.63) is 29.8 Å². The number of likely N-dealkylation sites (tertiary alicyclic amines) is 1. The highest BCUT2D eigenvalue weighted by Crippen LogP contribution is 2.26. The van der Waals surface area contributed by atoms with Crippen molar-refractivity contribution in [2.45, 2.75) is 70.9 Å². The van der Waals surface area contributed by atoms with E-state index in [9.17, 15) is 9.59 Å². The first kappa shape index (κ1) is 23.1. The van der Waals surface area contributed by atoms with E-state index in [-0.39, 0.29) is 17.9 Å². The molecule has 1 saturated carbocycles. The molecule has 3 rings (SSSR count). The average Bonchev–Trinajstić information content (AvgIpc) is 3.26. The van der Waals surface area contributed by atoms with Crippen LogP contribution in [0.1, 0.15) is 63.9 Å². The lowest BCUT2D eigenvalue weighted by atomic mass is 9.88. The van der Waals surface area contributed by atoms with Gasteiger partial charge in [0.2, 0.25) is 11.8 Å². The number of amides is 2. The van der Waals surface area contributed by atoms with Gasteiger partial charge in [-0.2, -0.15) is 0 Å². The normalized spacial score (nSPS) is 19.9. The Morgan fingerprint density at radius 1 is 1.10 bits per heavy atom. The van der Waals surface area contributed by atoms with E-state index in [0.717, 1.165) is 56.0 Å². The summed E-state index contributed by atoms with van der Waals surface area (Å²) in [5, 5.41) is 9.72. The summed E-state index contributed by atoms with van der Waals surface area (Å²) in [6.07, 6.45) is 8.08. The lowest BCUT2D eigenvalue weighted by Gasteiger charge is -2.26. The van der Waals surface area contributed by atoms with Crippen LogP contribution in [0.3, 0.4) is 0 Å². The van der Waals surface area contributed by atoms with E-state index in [0.29, 0.717) is 18.9 Å². The van der Waals surface area contributed by atoms with Gasteiger partial charge in [0.05, 0.1) is 0 Å². The first-order chi connectivity index (χ1) is 15.1. The van der Waals surface area contributed by atoms with Crippen molar-refractivity contribution in [3.8, 4) is 0 Å². The lowest BCUT2D eigenvalue weighted by Crippen LogP contribution is -2.45. The number of rotatable bonds is 7. The molecule has 2 aliphatic rings. The van der Waals surface area contributed by atoms with E-state index in [1.54, 1.807) is 7.05 Å². The minimum Gasteiger partial charge on any atom is -0.352 e. The van der Waals surface area contributed by atoms with E-state index < -0.39 is 0 Å². The third-order valence-corrected chi connectivity index (χ3v) is 6.19. The molecule has 0 radical (unpaired) electrons. The van der Waals surface area contributed by atoms with Crippen molar-refractivity contribution in [1.29, 1.82) is 0 Å². The smallest absolute Gasteiger partial charge is 0.225 e. The van der Waals surface area contributed by atoms with Crippen LogP contribution in [-0.4, -0.2) is 48.9 Å². The molecule has 1 heterocycles. The van der Waals surface area contributed by atoms with E-state index >= 15 is 0 Å². The second-order valence-corrected chi connectivity index (χ2v) is 8.67. The molecule has 1 aromatic rings. The van der Waals surface area contributed by atoms with Gasteiger partial charge in [0, 0.05) is 50.7 Å². The topological polar surface area (TPSA) is 85.8 Å². The maximum Gasteiger partial charge on any atom is 0.225 e. The molecule has 2 amide bonds. The van der Waals surface area contributed by atoms with Crippen LogP contribution < -0.4 is 16.0 Å². The number of carbonyl (C=O) groups is 2. The van der Waals surface area contributed by atoms with Gasteiger partial charge in [0.15, 0.2) is 5.96 Å². The molecule has 1 aliphatic heterocycles. The Kier molecular flexibility index (Phi) is 8.74.